The third-order valence-electron chi connectivity index (χ3n) is 3.53. The second kappa shape index (κ2) is 5.40. The number of amides is 2. The van der Waals surface area contributed by atoms with Crippen LogP contribution in [0.5, 0.6) is 0 Å². The van der Waals surface area contributed by atoms with E-state index in [2.05, 4.69) is 5.32 Å². The van der Waals surface area contributed by atoms with E-state index in [-0.39, 0.29) is 5.91 Å². The monoisotopic (exact) mass is 261 g/mol. The normalized spacial score (nSPS) is 19.3. The molecule has 1 aromatic rings. The molecule has 0 aliphatic carbocycles. The highest BCUT2D eigenvalue weighted by Crippen LogP contribution is 2.18. The van der Waals surface area contributed by atoms with Crippen LogP contribution in [0.1, 0.15) is 21.5 Å². The number of carbonyl (C=O) groups is 2. The molecule has 1 aromatic carbocycles. The van der Waals surface area contributed by atoms with Crippen LogP contribution >= 0.6 is 0 Å². The van der Waals surface area contributed by atoms with Gasteiger partial charge in [-0.25, -0.2) is 0 Å². The predicted octanol–water partition coefficient (Wildman–Crippen LogP) is 0.203. The lowest BCUT2D eigenvalue weighted by molar-refractivity contribution is -0.122. The smallest absolute Gasteiger partial charge is 0.255 e. The second-order valence-corrected chi connectivity index (χ2v) is 4.89. The molecule has 1 aliphatic heterocycles. The fourth-order valence-corrected chi connectivity index (χ4v) is 2.50. The molecule has 1 saturated heterocycles. The first-order chi connectivity index (χ1) is 9.02. The highest BCUT2D eigenvalue weighted by molar-refractivity contribution is 5.99. The van der Waals surface area contributed by atoms with Crippen LogP contribution in [0.4, 0.5) is 0 Å². The number of hydrogen-bond acceptors (Lipinski definition) is 3. The van der Waals surface area contributed by atoms with E-state index >= 15 is 0 Å². The van der Waals surface area contributed by atoms with E-state index in [9.17, 15) is 9.59 Å². The Labute approximate surface area is 112 Å². The maximum atomic E-state index is 12.6. The van der Waals surface area contributed by atoms with Gasteiger partial charge in [0, 0.05) is 25.2 Å². The summed E-state index contributed by atoms with van der Waals surface area (Å²) in [5, 5.41) is 3.09. The van der Waals surface area contributed by atoms with Crippen LogP contribution in [0.2, 0.25) is 0 Å². The van der Waals surface area contributed by atoms with Gasteiger partial charge in [-0.15, -0.1) is 0 Å². The van der Waals surface area contributed by atoms with Crippen molar-refractivity contribution < 1.29 is 9.59 Å². The van der Waals surface area contributed by atoms with Crippen molar-refractivity contribution in [1.82, 2.24) is 10.2 Å². The van der Waals surface area contributed by atoms with Crippen molar-refractivity contribution in [3.05, 3.63) is 34.9 Å². The summed E-state index contributed by atoms with van der Waals surface area (Å²) in [7, 11) is 0. The minimum absolute atomic E-state index is 0.110. The number of hydrogen-bond donors (Lipinski definition) is 2. The zero-order valence-electron chi connectivity index (χ0n) is 11.3. The standard InChI is InChI=1S/C14H19N3O2/c1-9-4-3-5-10(2)12(9)14(19)17-7-6-16-8-11(17)13(15)18/h3-5,11,16H,6-8H2,1-2H3,(H2,15,18). The van der Waals surface area contributed by atoms with Gasteiger partial charge in [0.05, 0.1) is 0 Å². The summed E-state index contributed by atoms with van der Waals surface area (Å²) in [4.78, 5) is 25.7. The number of aryl methyl sites for hydroxylation is 2. The van der Waals surface area contributed by atoms with E-state index in [1.807, 2.05) is 32.0 Å². The van der Waals surface area contributed by atoms with Gasteiger partial charge in [-0.2, -0.15) is 0 Å². The van der Waals surface area contributed by atoms with Crippen molar-refractivity contribution in [2.24, 2.45) is 5.73 Å². The molecule has 3 N–H and O–H groups in total. The minimum atomic E-state index is -0.569. The summed E-state index contributed by atoms with van der Waals surface area (Å²) >= 11 is 0. The van der Waals surface area contributed by atoms with Gasteiger partial charge in [-0.05, 0) is 25.0 Å². The Morgan fingerprint density at radius 1 is 1.32 bits per heavy atom. The van der Waals surface area contributed by atoms with Crippen LogP contribution in [-0.4, -0.2) is 42.4 Å². The number of piperazine rings is 1. The summed E-state index contributed by atoms with van der Waals surface area (Å²) in [6, 6.07) is 5.16. The van der Waals surface area contributed by atoms with E-state index in [0.29, 0.717) is 25.2 Å². The number of primary amides is 1. The molecule has 1 unspecified atom stereocenters. The van der Waals surface area contributed by atoms with E-state index < -0.39 is 11.9 Å². The third kappa shape index (κ3) is 2.61. The first-order valence-electron chi connectivity index (χ1n) is 6.39. The molecule has 1 aliphatic rings. The second-order valence-electron chi connectivity index (χ2n) is 4.89. The van der Waals surface area contributed by atoms with Gasteiger partial charge >= 0.3 is 0 Å². The van der Waals surface area contributed by atoms with E-state index in [1.165, 1.54) is 0 Å². The molecule has 0 bridgehead atoms. The average Bonchev–Trinajstić information content (AvgIpc) is 2.38. The summed E-state index contributed by atoms with van der Waals surface area (Å²) in [5.74, 6) is -0.576. The number of nitrogens with zero attached hydrogens (tertiary/aromatic N) is 1. The number of rotatable bonds is 2. The summed E-state index contributed by atoms with van der Waals surface area (Å²) in [6.07, 6.45) is 0. The lowest BCUT2D eigenvalue weighted by atomic mass is 10.0. The van der Waals surface area contributed by atoms with Gasteiger partial charge in [0.2, 0.25) is 5.91 Å². The van der Waals surface area contributed by atoms with Crippen molar-refractivity contribution >= 4 is 11.8 Å². The first-order valence-corrected chi connectivity index (χ1v) is 6.39. The molecule has 1 atom stereocenters. The van der Waals surface area contributed by atoms with Crippen molar-refractivity contribution in [2.45, 2.75) is 19.9 Å². The predicted molar refractivity (Wildman–Crippen MR) is 72.8 cm³/mol. The zero-order valence-corrected chi connectivity index (χ0v) is 11.3. The fraction of sp³-hybridized carbons (Fsp3) is 0.429. The van der Waals surface area contributed by atoms with Crippen LogP contribution in [0.3, 0.4) is 0 Å². The van der Waals surface area contributed by atoms with E-state index in [1.54, 1.807) is 4.90 Å². The molecular weight excluding hydrogens is 242 g/mol. The molecule has 19 heavy (non-hydrogen) atoms. The summed E-state index contributed by atoms with van der Waals surface area (Å²) in [6.45, 7) is 5.41. The van der Waals surface area contributed by atoms with Crippen LogP contribution < -0.4 is 11.1 Å². The lowest BCUT2D eigenvalue weighted by Gasteiger charge is -2.34. The average molecular weight is 261 g/mol. The highest BCUT2D eigenvalue weighted by Gasteiger charge is 2.32. The summed E-state index contributed by atoms with van der Waals surface area (Å²) < 4.78 is 0. The van der Waals surface area contributed by atoms with Gasteiger partial charge in [0.25, 0.3) is 5.91 Å². The highest BCUT2D eigenvalue weighted by atomic mass is 16.2. The Hall–Kier alpha value is -1.88. The molecule has 0 spiro atoms. The third-order valence-corrected chi connectivity index (χ3v) is 3.53. The first kappa shape index (κ1) is 13.5. The Morgan fingerprint density at radius 3 is 2.53 bits per heavy atom. The molecule has 2 amide bonds. The molecule has 1 fully saturated rings. The molecule has 5 heteroatoms. The van der Waals surface area contributed by atoms with Crippen LogP contribution in [0.15, 0.2) is 18.2 Å². The van der Waals surface area contributed by atoms with Gasteiger partial charge < -0.3 is 16.0 Å². The summed E-state index contributed by atoms with van der Waals surface area (Å²) in [5.41, 5.74) is 7.90. The molecule has 102 valence electrons. The maximum absolute atomic E-state index is 12.6. The van der Waals surface area contributed by atoms with Crippen LogP contribution in [-0.2, 0) is 4.79 Å². The molecule has 0 aromatic heterocycles. The number of nitrogens with one attached hydrogen (secondary N) is 1. The fourth-order valence-electron chi connectivity index (χ4n) is 2.50. The molecule has 1 heterocycles. The van der Waals surface area contributed by atoms with Gasteiger partial charge in [0.15, 0.2) is 0 Å². The molecule has 2 rings (SSSR count). The number of nitrogens with two attached hydrogens (primary N) is 1. The van der Waals surface area contributed by atoms with Crippen molar-refractivity contribution in [1.29, 1.82) is 0 Å². The molecular formula is C14H19N3O2. The minimum Gasteiger partial charge on any atom is -0.368 e. The van der Waals surface area contributed by atoms with Crippen molar-refractivity contribution in [3.8, 4) is 0 Å². The number of benzene rings is 1. The van der Waals surface area contributed by atoms with Crippen LogP contribution in [0, 0.1) is 13.8 Å². The lowest BCUT2D eigenvalue weighted by Crippen LogP contribution is -2.58. The number of carbonyl (C=O) groups excluding carboxylic acids is 2. The largest absolute Gasteiger partial charge is 0.368 e. The van der Waals surface area contributed by atoms with Gasteiger partial charge in [0.1, 0.15) is 6.04 Å². The van der Waals surface area contributed by atoms with Crippen molar-refractivity contribution in [3.63, 3.8) is 0 Å². The maximum Gasteiger partial charge on any atom is 0.255 e. The van der Waals surface area contributed by atoms with Gasteiger partial charge in [-0.3, -0.25) is 9.59 Å². The van der Waals surface area contributed by atoms with Crippen molar-refractivity contribution in [2.75, 3.05) is 19.6 Å². The van der Waals surface area contributed by atoms with E-state index in [4.69, 9.17) is 5.73 Å². The van der Waals surface area contributed by atoms with Crippen LogP contribution in [0.25, 0.3) is 0 Å². The van der Waals surface area contributed by atoms with E-state index in [0.717, 1.165) is 11.1 Å². The van der Waals surface area contributed by atoms with Gasteiger partial charge in [-0.1, -0.05) is 18.2 Å². The quantitative estimate of drug-likeness (QED) is 0.798. The molecule has 0 saturated carbocycles. The topological polar surface area (TPSA) is 75.4 Å². The Morgan fingerprint density at radius 2 is 1.95 bits per heavy atom. The SMILES string of the molecule is Cc1cccc(C)c1C(=O)N1CCNCC1C(N)=O. The Balaban J connectivity index is 2.34. The zero-order chi connectivity index (χ0) is 14.0. The molecule has 5 nitrogen and oxygen atoms in total. The Kier molecular flexibility index (Phi) is 3.85. The Bertz CT molecular complexity index is 493. The molecule has 0 radical (unpaired) electrons.